The summed E-state index contributed by atoms with van der Waals surface area (Å²) in [6.07, 6.45) is 1.01. The molecule has 0 saturated heterocycles. The lowest BCUT2D eigenvalue weighted by molar-refractivity contribution is 0.0953. The van der Waals surface area contributed by atoms with Crippen LogP contribution in [-0.2, 0) is 0 Å². The third-order valence-electron chi connectivity index (χ3n) is 2.39. The average Bonchev–Trinajstić information content (AvgIpc) is 2.25. The van der Waals surface area contributed by atoms with E-state index >= 15 is 0 Å². The highest BCUT2D eigenvalue weighted by Crippen LogP contribution is 2.21. The van der Waals surface area contributed by atoms with Crippen LogP contribution in [0.3, 0.4) is 0 Å². The lowest BCUT2D eigenvalue weighted by Crippen LogP contribution is -2.30. The number of hydrogen-bond acceptors (Lipinski definition) is 1. The molecule has 5 heteroatoms. The van der Waals surface area contributed by atoms with Gasteiger partial charge in [-0.05, 0) is 30.5 Å². The maximum atomic E-state index is 11.9. The molecule has 0 aliphatic rings. The van der Waals surface area contributed by atoms with Gasteiger partial charge in [0.1, 0.15) is 0 Å². The smallest absolute Gasteiger partial charge is 0.252 e. The first-order valence-electron chi connectivity index (χ1n) is 5.77. The van der Waals surface area contributed by atoms with Crippen molar-refractivity contribution in [3.05, 3.63) is 33.8 Å². The van der Waals surface area contributed by atoms with Crippen molar-refractivity contribution in [2.45, 2.75) is 25.1 Å². The largest absolute Gasteiger partial charge is 0.351 e. The summed E-state index contributed by atoms with van der Waals surface area (Å²) in [5, 5.41) is 3.74. The lowest BCUT2D eigenvalue weighted by Gasteiger charge is -2.13. The molecule has 0 bridgehead atoms. The Morgan fingerprint density at radius 2 is 2.06 bits per heavy atom. The zero-order valence-corrected chi connectivity index (χ0v) is 13.4. The van der Waals surface area contributed by atoms with E-state index in [1.165, 1.54) is 0 Å². The monoisotopic (exact) mass is 351 g/mol. The lowest BCUT2D eigenvalue weighted by atomic mass is 10.1. The molecule has 0 aliphatic carbocycles. The molecule has 1 N–H and O–H groups in total. The second-order valence-corrected chi connectivity index (χ2v) is 6.70. The zero-order valence-electron chi connectivity index (χ0n) is 10.3. The Kier molecular flexibility index (Phi) is 6.47. The second kappa shape index (κ2) is 7.37. The number of carbonyl (C=O) groups excluding carboxylic acids is 1. The summed E-state index contributed by atoms with van der Waals surface area (Å²) >= 11 is 15.3. The SMILES string of the molecule is CC(C)CC(Br)CNC(=O)c1ccc(Cl)cc1Cl. The highest BCUT2D eigenvalue weighted by atomic mass is 79.9. The molecule has 0 aromatic heterocycles. The van der Waals surface area contributed by atoms with Gasteiger partial charge in [-0.15, -0.1) is 0 Å². The van der Waals surface area contributed by atoms with Gasteiger partial charge in [-0.3, -0.25) is 4.79 Å². The van der Waals surface area contributed by atoms with Crippen molar-refractivity contribution in [3.8, 4) is 0 Å². The van der Waals surface area contributed by atoms with Crippen LogP contribution >= 0.6 is 39.1 Å². The molecule has 1 aromatic rings. The number of benzene rings is 1. The van der Waals surface area contributed by atoms with E-state index in [0.717, 1.165) is 6.42 Å². The van der Waals surface area contributed by atoms with Crippen LogP contribution in [0.1, 0.15) is 30.6 Å². The van der Waals surface area contributed by atoms with Crippen molar-refractivity contribution in [1.82, 2.24) is 5.32 Å². The van der Waals surface area contributed by atoms with E-state index in [1.54, 1.807) is 18.2 Å². The van der Waals surface area contributed by atoms with Crippen molar-refractivity contribution in [2.75, 3.05) is 6.54 Å². The topological polar surface area (TPSA) is 29.1 Å². The van der Waals surface area contributed by atoms with Gasteiger partial charge in [0.25, 0.3) is 5.91 Å². The minimum atomic E-state index is -0.176. The first-order valence-corrected chi connectivity index (χ1v) is 7.44. The maximum absolute atomic E-state index is 11.9. The molecule has 0 radical (unpaired) electrons. The molecule has 0 spiro atoms. The van der Waals surface area contributed by atoms with Crippen molar-refractivity contribution < 1.29 is 4.79 Å². The van der Waals surface area contributed by atoms with Crippen molar-refractivity contribution in [1.29, 1.82) is 0 Å². The number of carbonyl (C=O) groups is 1. The molecule has 0 saturated carbocycles. The fourth-order valence-electron chi connectivity index (χ4n) is 1.57. The first-order chi connectivity index (χ1) is 8.40. The minimum Gasteiger partial charge on any atom is -0.351 e. The van der Waals surface area contributed by atoms with Gasteiger partial charge in [-0.1, -0.05) is 53.0 Å². The maximum Gasteiger partial charge on any atom is 0.252 e. The van der Waals surface area contributed by atoms with E-state index in [-0.39, 0.29) is 10.7 Å². The highest BCUT2D eigenvalue weighted by Gasteiger charge is 2.13. The second-order valence-electron chi connectivity index (χ2n) is 4.56. The summed E-state index contributed by atoms with van der Waals surface area (Å²) in [5.74, 6) is 0.412. The quantitative estimate of drug-likeness (QED) is 0.775. The summed E-state index contributed by atoms with van der Waals surface area (Å²) in [7, 11) is 0. The molecule has 18 heavy (non-hydrogen) atoms. The van der Waals surface area contributed by atoms with Crippen molar-refractivity contribution in [3.63, 3.8) is 0 Å². The van der Waals surface area contributed by atoms with Crippen LogP contribution in [-0.4, -0.2) is 17.3 Å². The molecule has 2 nitrogen and oxygen atoms in total. The van der Waals surface area contributed by atoms with E-state index in [9.17, 15) is 4.79 Å². The van der Waals surface area contributed by atoms with Crippen LogP contribution in [0, 0.1) is 5.92 Å². The molecule has 0 aliphatic heterocycles. The van der Waals surface area contributed by atoms with E-state index in [0.29, 0.717) is 28.1 Å². The zero-order chi connectivity index (χ0) is 13.7. The summed E-state index contributed by atoms with van der Waals surface area (Å²) in [4.78, 5) is 12.2. The van der Waals surface area contributed by atoms with Gasteiger partial charge in [0.2, 0.25) is 0 Å². The summed E-state index contributed by atoms with van der Waals surface area (Å²) in [6, 6.07) is 4.85. The molecule has 1 atom stereocenters. The number of rotatable bonds is 5. The number of halogens is 3. The van der Waals surface area contributed by atoms with Gasteiger partial charge < -0.3 is 5.32 Å². The Morgan fingerprint density at radius 1 is 1.39 bits per heavy atom. The Bertz CT molecular complexity index is 423. The van der Waals surface area contributed by atoms with Gasteiger partial charge in [0.05, 0.1) is 10.6 Å². The Balaban J connectivity index is 2.55. The van der Waals surface area contributed by atoms with Crippen LogP contribution in [0.25, 0.3) is 0 Å². The standard InChI is InChI=1S/C13H16BrCl2NO/c1-8(2)5-9(14)7-17-13(18)11-4-3-10(15)6-12(11)16/h3-4,6,8-9H,5,7H2,1-2H3,(H,17,18). The molecule has 1 amide bonds. The average molecular weight is 353 g/mol. The number of hydrogen-bond donors (Lipinski definition) is 1. The van der Waals surface area contributed by atoms with Crippen LogP contribution in [0.2, 0.25) is 10.0 Å². The molecular formula is C13H16BrCl2NO. The van der Waals surface area contributed by atoms with Gasteiger partial charge in [0, 0.05) is 16.4 Å². The molecular weight excluding hydrogens is 337 g/mol. The van der Waals surface area contributed by atoms with Gasteiger partial charge in [-0.2, -0.15) is 0 Å². The third kappa shape index (κ3) is 5.17. The third-order valence-corrected chi connectivity index (χ3v) is 3.63. The Morgan fingerprint density at radius 3 is 2.61 bits per heavy atom. The van der Waals surface area contributed by atoms with Crippen LogP contribution in [0.4, 0.5) is 0 Å². The Labute approximate surface area is 126 Å². The normalized spacial score (nSPS) is 12.6. The first kappa shape index (κ1) is 15.8. The Hall–Kier alpha value is -0.250. The highest BCUT2D eigenvalue weighted by molar-refractivity contribution is 9.09. The molecule has 1 rings (SSSR count). The van der Waals surface area contributed by atoms with E-state index < -0.39 is 0 Å². The van der Waals surface area contributed by atoms with Crippen molar-refractivity contribution >= 4 is 45.0 Å². The predicted octanol–water partition coefficient (Wildman–Crippen LogP) is 4.53. The van der Waals surface area contributed by atoms with Gasteiger partial charge >= 0.3 is 0 Å². The molecule has 0 heterocycles. The van der Waals surface area contributed by atoms with Gasteiger partial charge in [-0.25, -0.2) is 0 Å². The molecule has 1 unspecified atom stereocenters. The number of amides is 1. The summed E-state index contributed by atoms with van der Waals surface area (Å²) in [6.45, 7) is 4.87. The van der Waals surface area contributed by atoms with E-state index in [1.807, 2.05) is 0 Å². The number of alkyl halides is 1. The van der Waals surface area contributed by atoms with Crippen LogP contribution in [0.15, 0.2) is 18.2 Å². The van der Waals surface area contributed by atoms with Crippen LogP contribution in [0.5, 0.6) is 0 Å². The van der Waals surface area contributed by atoms with Crippen LogP contribution < -0.4 is 5.32 Å². The summed E-state index contributed by atoms with van der Waals surface area (Å²) < 4.78 is 0. The number of nitrogens with one attached hydrogen (secondary N) is 1. The molecule has 0 fully saturated rings. The minimum absolute atomic E-state index is 0.176. The summed E-state index contributed by atoms with van der Waals surface area (Å²) in [5.41, 5.74) is 0.449. The van der Waals surface area contributed by atoms with Gasteiger partial charge in [0.15, 0.2) is 0 Å². The fourth-order valence-corrected chi connectivity index (χ4v) is 2.97. The van der Waals surface area contributed by atoms with E-state index in [4.69, 9.17) is 23.2 Å². The predicted molar refractivity (Wildman–Crippen MR) is 81.0 cm³/mol. The van der Waals surface area contributed by atoms with Crippen molar-refractivity contribution in [2.24, 2.45) is 5.92 Å². The molecule has 100 valence electrons. The fraction of sp³-hybridized carbons (Fsp3) is 0.462. The molecule has 1 aromatic carbocycles. The van der Waals surface area contributed by atoms with E-state index in [2.05, 4.69) is 35.1 Å².